The zero-order valence-corrected chi connectivity index (χ0v) is 21.0. The first-order valence-electron chi connectivity index (χ1n) is 12.0. The van der Waals surface area contributed by atoms with E-state index in [2.05, 4.69) is 5.32 Å². The Balaban J connectivity index is 1.76. The molecule has 1 heterocycles. The van der Waals surface area contributed by atoms with E-state index in [-0.39, 0.29) is 24.5 Å². The van der Waals surface area contributed by atoms with E-state index in [1.165, 1.54) is 4.90 Å². The molecule has 0 unspecified atom stereocenters. The molecule has 0 spiro atoms. The van der Waals surface area contributed by atoms with Gasteiger partial charge in [-0.1, -0.05) is 19.9 Å². The number of ether oxygens (including phenoxy) is 1. The quantitative estimate of drug-likeness (QED) is 0.378. The molecule has 0 saturated carbocycles. The molecule has 0 aromatic heterocycles. The lowest BCUT2D eigenvalue weighted by molar-refractivity contribution is -0.143. The zero-order valence-electron chi connectivity index (χ0n) is 21.0. The molecular weight excluding hydrogens is 518 g/mol. The molecule has 12 heteroatoms. The smallest absolute Gasteiger partial charge is 0.416 e. The number of carbonyl (C=O) groups excluding carboxylic acids is 1. The molecule has 2 N–H and O–H groups in total. The van der Waals surface area contributed by atoms with Gasteiger partial charge < -0.3 is 15.2 Å². The van der Waals surface area contributed by atoms with Crippen LogP contribution in [0, 0.1) is 0 Å². The van der Waals surface area contributed by atoms with Gasteiger partial charge in [-0.25, -0.2) is 9.59 Å². The molecule has 38 heavy (non-hydrogen) atoms. The van der Waals surface area contributed by atoms with Crippen LogP contribution in [0.5, 0.6) is 0 Å². The number of nitrogens with zero attached hydrogens (tertiary/aromatic N) is 1. The highest BCUT2D eigenvalue weighted by atomic mass is 19.4. The van der Waals surface area contributed by atoms with E-state index in [0.717, 1.165) is 11.1 Å². The molecule has 2 atom stereocenters. The van der Waals surface area contributed by atoms with E-state index < -0.39 is 54.4 Å². The number of anilines is 1. The van der Waals surface area contributed by atoms with E-state index in [1.807, 2.05) is 19.9 Å². The van der Waals surface area contributed by atoms with Crippen LogP contribution in [0.4, 0.5) is 41.6 Å². The second-order valence-electron chi connectivity index (χ2n) is 9.12. The fraction of sp³-hybridized carbons (Fsp3) is 0.462. The number of hydrogen-bond donors (Lipinski definition) is 2. The van der Waals surface area contributed by atoms with E-state index >= 15 is 0 Å². The van der Waals surface area contributed by atoms with Crippen LogP contribution in [-0.2, 0) is 36.4 Å². The lowest BCUT2D eigenvalue weighted by Crippen LogP contribution is -2.46. The summed E-state index contributed by atoms with van der Waals surface area (Å²) in [5.74, 6) is 0. The average molecular weight is 547 g/mol. The minimum atomic E-state index is -4.97. The van der Waals surface area contributed by atoms with Crippen molar-refractivity contribution in [2.24, 2.45) is 0 Å². The normalized spacial score (nSPS) is 17.7. The molecule has 2 amide bonds. The predicted molar refractivity (Wildman–Crippen MR) is 127 cm³/mol. The summed E-state index contributed by atoms with van der Waals surface area (Å²) >= 11 is 0. The Morgan fingerprint density at radius 1 is 0.974 bits per heavy atom. The highest BCUT2D eigenvalue weighted by Gasteiger charge is 2.37. The predicted octanol–water partition coefficient (Wildman–Crippen LogP) is 7.14. The van der Waals surface area contributed by atoms with Gasteiger partial charge in [0.05, 0.1) is 29.5 Å². The molecule has 208 valence electrons. The SMILES string of the molecule is CCc1cc2c(cc1CC)N(C(=O)O)[C@H](C)C[C@@H]2NC(=O)OCCc1cc(C(F)(F)F)cc(C(F)(F)F)c1. The second-order valence-corrected chi connectivity index (χ2v) is 9.12. The van der Waals surface area contributed by atoms with Crippen molar-refractivity contribution in [3.8, 4) is 0 Å². The molecule has 6 nitrogen and oxygen atoms in total. The van der Waals surface area contributed by atoms with Crippen LogP contribution in [0.25, 0.3) is 0 Å². The third-order valence-corrected chi connectivity index (χ3v) is 6.53. The van der Waals surface area contributed by atoms with Gasteiger partial charge in [-0.05, 0) is 72.7 Å². The first-order valence-corrected chi connectivity index (χ1v) is 12.0. The summed E-state index contributed by atoms with van der Waals surface area (Å²) in [7, 11) is 0. The number of amides is 2. The van der Waals surface area contributed by atoms with Crippen molar-refractivity contribution in [1.82, 2.24) is 5.32 Å². The van der Waals surface area contributed by atoms with E-state index in [4.69, 9.17) is 4.74 Å². The van der Waals surface area contributed by atoms with E-state index in [0.29, 0.717) is 36.2 Å². The number of rotatable bonds is 6. The minimum Gasteiger partial charge on any atom is -0.465 e. The third-order valence-electron chi connectivity index (χ3n) is 6.53. The van der Waals surface area contributed by atoms with Crippen LogP contribution in [0.1, 0.15) is 66.6 Å². The molecule has 0 bridgehead atoms. The van der Waals surface area contributed by atoms with Gasteiger partial charge in [0.15, 0.2) is 0 Å². The largest absolute Gasteiger partial charge is 0.465 e. The molecule has 0 saturated heterocycles. The molecule has 3 rings (SSSR count). The molecule has 0 aliphatic carbocycles. The molecule has 0 radical (unpaired) electrons. The number of nitrogens with one attached hydrogen (secondary N) is 1. The van der Waals surface area contributed by atoms with Crippen molar-refractivity contribution in [3.63, 3.8) is 0 Å². The fourth-order valence-electron chi connectivity index (χ4n) is 4.69. The number of benzene rings is 2. The Bertz CT molecular complexity index is 1160. The van der Waals surface area contributed by atoms with Crippen LogP contribution < -0.4 is 10.2 Å². The minimum absolute atomic E-state index is 0.0354. The van der Waals surface area contributed by atoms with Crippen molar-refractivity contribution in [2.45, 2.75) is 70.9 Å². The number of carbonyl (C=O) groups is 2. The number of aryl methyl sites for hydroxylation is 2. The molecular formula is C26H28F6N2O4. The monoisotopic (exact) mass is 546 g/mol. The van der Waals surface area contributed by atoms with Gasteiger partial charge in [0.2, 0.25) is 0 Å². The summed E-state index contributed by atoms with van der Waals surface area (Å²) in [6, 6.07) is 3.78. The number of carboxylic acid groups (broad SMARTS) is 1. The highest BCUT2D eigenvalue weighted by molar-refractivity contribution is 5.89. The second kappa shape index (κ2) is 11.1. The molecule has 2 aromatic carbocycles. The summed E-state index contributed by atoms with van der Waals surface area (Å²) < 4.78 is 83.5. The van der Waals surface area contributed by atoms with Gasteiger partial charge in [-0.2, -0.15) is 26.3 Å². The van der Waals surface area contributed by atoms with Crippen molar-refractivity contribution in [1.29, 1.82) is 0 Å². The van der Waals surface area contributed by atoms with Crippen LogP contribution in [-0.4, -0.2) is 29.9 Å². The summed E-state index contributed by atoms with van der Waals surface area (Å²) in [5.41, 5.74) is -0.165. The van der Waals surface area contributed by atoms with Crippen molar-refractivity contribution in [3.05, 3.63) is 63.7 Å². The topological polar surface area (TPSA) is 78.9 Å². The summed E-state index contributed by atoms with van der Waals surface area (Å²) in [5, 5.41) is 12.4. The Morgan fingerprint density at radius 2 is 1.53 bits per heavy atom. The number of alkyl halides is 6. The van der Waals surface area contributed by atoms with Crippen LogP contribution in [0.2, 0.25) is 0 Å². The molecule has 0 fully saturated rings. The Kier molecular flexibility index (Phi) is 8.52. The summed E-state index contributed by atoms with van der Waals surface area (Å²) in [4.78, 5) is 25.7. The summed E-state index contributed by atoms with van der Waals surface area (Å²) in [6.07, 6.45) is -10.8. The van der Waals surface area contributed by atoms with Crippen LogP contribution in [0.15, 0.2) is 30.3 Å². The Hall–Kier alpha value is -3.44. The molecule has 1 aliphatic rings. The number of fused-ring (bicyclic) bond motifs is 1. The van der Waals surface area contributed by atoms with Crippen LogP contribution >= 0.6 is 0 Å². The fourth-order valence-corrected chi connectivity index (χ4v) is 4.69. The van der Waals surface area contributed by atoms with E-state index in [1.54, 1.807) is 13.0 Å². The Labute approximate surface area is 215 Å². The first kappa shape index (κ1) is 29.1. The van der Waals surface area contributed by atoms with Gasteiger partial charge in [-0.15, -0.1) is 0 Å². The first-order chi connectivity index (χ1) is 17.6. The summed E-state index contributed by atoms with van der Waals surface area (Å²) in [6.45, 7) is 5.14. The molecule has 1 aliphatic heterocycles. The maximum Gasteiger partial charge on any atom is 0.416 e. The van der Waals surface area contributed by atoms with Gasteiger partial charge in [0.25, 0.3) is 0 Å². The zero-order chi connectivity index (χ0) is 28.4. The maximum absolute atomic E-state index is 13.1. The maximum atomic E-state index is 13.1. The lowest BCUT2D eigenvalue weighted by atomic mass is 9.87. The highest BCUT2D eigenvalue weighted by Crippen LogP contribution is 2.40. The standard InChI is InChI=1S/C26H28F6N2O4/c1-4-16-11-20-21(8-14(3)34(24(36)37)22(20)12-17(16)5-2)33-23(35)38-7-6-15-9-18(25(27,28)29)13-19(10-15)26(30,31)32/h9-14,21H,4-8H2,1-3H3,(H,33,35)(H,36,37)/t14-,21+/m1/s1. The van der Waals surface area contributed by atoms with Gasteiger partial charge in [0.1, 0.15) is 0 Å². The van der Waals surface area contributed by atoms with Crippen molar-refractivity contribution in [2.75, 3.05) is 11.5 Å². The number of alkyl carbamates (subject to hydrolysis) is 1. The van der Waals surface area contributed by atoms with Gasteiger partial charge >= 0.3 is 24.5 Å². The van der Waals surface area contributed by atoms with E-state index in [9.17, 15) is 41.0 Å². The molecule has 2 aromatic rings. The number of hydrogen-bond acceptors (Lipinski definition) is 3. The third kappa shape index (κ3) is 6.51. The average Bonchev–Trinajstić information content (AvgIpc) is 2.81. The Morgan fingerprint density at radius 3 is 2.03 bits per heavy atom. The van der Waals surface area contributed by atoms with Gasteiger partial charge in [-0.3, -0.25) is 4.90 Å². The number of halogens is 6. The lowest BCUT2D eigenvalue weighted by Gasteiger charge is -2.38. The van der Waals surface area contributed by atoms with Crippen molar-refractivity contribution < 1.29 is 45.8 Å². The van der Waals surface area contributed by atoms with Crippen molar-refractivity contribution >= 4 is 17.9 Å². The van der Waals surface area contributed by atoms with Crippen LogP contribution in [0.3, 0.4) is 0 Å². The van der Waals surface area contributed by atoms with Gasteiger partial charge in [0, 0.05) is 12.5 Å².